The Morgan fingerprint density at radius 3 is 2.21 bits per heavy atom. The Bertz CT molecular complexity index is 1230. The number of sulfonamides is 1. The molecule has 0 fully saturated rings. The minimum absolute atomic E-state index is 0.134. The van der Waals surface area contributed by atoms with E-state index in [1.165, 1.54) is 30.3 Å². The third kappa shape index (κ3) is 5.96. The second-order valence-electron chi connectivity index (χ2n) is 7.81. The highest BCUT2D eigenvalue weighted by Crippen LogP contribution is 2.33. The molecule has 3 aromatic carbocycles. The van der Waals surface area contributed by atoms with Crippen LogP contribution in [-0.2, 0) is 21.0 Å². The summed E-state index contributed by atoms with van der Waals surface area (Å²) in [7, 11) is -4.32. The van der Waals surface area contributed by atoms with Crippen LogP contribution in [0.25, 0.3) is 0 Å². The number of benzene rings is 3. The lowest BCUT2D eigenvalue weighted by molar-refractivity contribution is -0.137. The van der Waals surface area contributed by atoms with Gasteiger partial charge in [-0.1, -0.05) is 61.0 Å². The fourth-order valence-electron chi connectivity index (χ4n) is 3.46. The van der Waals surface area contributed by atoms with Gasteiger partial charge in [0.1, 0.15) is 6.54 Å². The van der Waals surface area contributed by atoms with E-state index in [-0.39, 0.29) is 16.6 Å². The van der Waals surface area contributed by atoms with E-state index in [1.807, 2.05) is 38.1 Å². The van der Waals surface area contributed by atoms with Gasteiger partial charge in [-0.25, -0.2) is 8.42 Å². The Balaban J connectivity index is 1.96. The lowest BCUT2D eigenvalue weighted by atomic mass is 10.0. The molecule has 9 heteroatoms. The highest BCUT2D eigenvalue weighted by Gasteiger charge is 2.33. The summed E-state index contributed by atoms with van der Waals surface area (Å²) in [6.07, 6.45) is -4.12. The van der Waals surface area contributed by atoms with Gasteiger partial charge in [-0.05, 0) is 49.2 Å². The van der Waals surface area contributed by atoms with Crippen LogP contribution in [0.5, 0.6) is 0 Å². The number of hydrogen-bond acceptors (Lipinski definition) is 3. The van der Waals surface area contributed by atoms with E-state index < -0.39 is 34.2 Å². The van der Waals surface area contributed by atoms with Gasteiger partial charge in [0.05, 0.1) is 22.2 Å². The summed E-state index contributed by atoms with van der Waals surface area (Å²) in [6, 6.07) is 18.4. The predicted molar refractivity (Wildman–Crippen MR) is 125 cm³/mol. The molecule has 0 aliphatic rings. The number of nitrogens with one attached hydrogen (secondary N) is 1. The fraction of sp³-hybridized carbons (Fsp3) is 0.240. The molecule has 0 bridgehead atoms. The van der Waals surface area contributed by atoms with Crippen molar-refractivity contribution in [1.29, 1.82) is 0 Å². The topological polar surface area (TPSA) is 66.5 Å². The van der Waals surface area contributed by atoms with E-state index in [9.17, 15) is 26.4 Å². The highest BCUT2D eigenvalue weighted by atomic mass is 32.2. The number of rotatable bonds is 8. The van der Waals surface area contributed by atoms with Crippen LogP contribution >= 0.6 is 0 Å². The zero-order valence-corrected chi connectivity index (χ0v) is 19.5. The molecule has 0 heterocycles. The lowest BCUT2D eigenvalue weighted by Gasteiger charge is -2.26. The van der Waals surface area contributed by atoms with E-state index in [2.05, 4.69) is 5.32 Å². The number of hydrogen-bond donors (Lipinski definition) is 1. The van der Waals surface area contributed by atoms with Crippen molar-refractivity contribution in [3.63, 3.8) is 0 Å². The van der Waals surface area contributed by atoms with Crippen LogP contribution in [0.3, 0.4) is 0 Å². The molecule has 1 N–H and O–H groups in total. The van der Waals surface area contributed by atoms with E-state index >= 15 is 0 Å². The highest BCUT2D eigenvalue weighted by molar-refractivity contribution is 7.92. The Morgan fingerprint density at radius 1 is 0.971 bits per heavy atom. The first-order valence-electron chi connectivity index (χ1n) is 10.6. The molecule has 3 aromatic rings. The van der Waals surface area contributed by atoms with Crippen LogP contribution in [0.2, 0.25) is 0 Å². The molecule has 0 aromatic heterocycles. The molecule has 0 radical (unpaired) electrons. The van der Waals surface area contributed by atoms with Gasteiger partial charge >= 0.3 is 6.18 Å². The molecule has 1 amide bonds. The van der Waals surface area contributed by atoms with E-state index in [1.54, 1.807) is 6.07 Å². The molecule has 1 atom stereocenters. The SMILES string of the molecule is CC[C@@H](NC(=O)CN(c1cccc(C(F)(F)F)c1)S(=O)(=O)c1ccccc1)c1ccc(C)cc1. The number of halogens is 3. The molecule has 0 aliphatic carbocycles. The van der Waals surface area contributed by atoms with E-state index in [0.29, 0.717) is 10.7 Å². The van der Waals surface area contributed by atoms with Crippen LogP contribution in [0, 0.1) is 6.92 Å². The maximum atomic E-state index is 13.4. The summed E-state index contributed by atoms with van der Waals surface area (Å²) in [4.78, 5) is 12.8. The average Bonchev–Trinajstić information content (AvgIpc) is 2.81. The summed E-state index contributed by atoms with van der Waals surface area (Å²) in [5.74, 6) is -0.635. The molecule has 0 spiro atoms. The fourth-order valence-corrected chi connectivity index (χ4v) is 4.90. The van der Waals surface area contributed by atoms with Crippen molar-refractivity contribution in [1.82, 2.24) is 5.32 Å². The van der Waals surface area contributed by atoms with E-state index in [0.717, 1.165) is 29.3 Å². The van der Waals surface area contributed by atoms with Crippen LogP contribution in [0.4, 0.5) is 18.9 Å². The third-order valence-electron chi connectivity index (χ3n) is 5.30. The molecule has 0 unspecified atom stereocenters. The lowest BCUT2D eigenvalue weighted by Crippen LogP contribution is -2.42. The van der Waals surface area contributed by atoms with Crippen molar-refractivity contribution in [2.24, 2.45) is 0 Å². The molecule has 0 saturated heterocycles. The summed E-state index contributed by atoms with van der Waals surface area (Å²) < 4.78 is 67.3. The molecule has 0 aliphatic heterocycles. The van der Waals surface area contributed by atoms with Gasteiger partial charge < -0.3 is 5.32 Å². The third-order valence-corrected chi connectivity index (χ3v) is 7.09. The number of nitrogens with zero attached hydrogens (tertiary/aromatic N) is 1. The van der Waals surface area contributed by atoms with Gasteiger partial charge in [-0.3, -0.25) is 9.10 Å². The quantitative estimate of drug-likeness (QED) is 0.455. The van der Waals surface area contributed by atoms with E-state index in [4.69, 9.17) is 0 Å². The van der Waals surface area contributed by atoms with Gasteiger partial charge in [0, 0.05) is 0 Å². The predicted octanol–water partition coefficient (Wildman–Crippen LogP) is 5.48. The second-order valence-corrected chi connectivity index (χ2v) is 9.67. The number of carbonyl (C=O) groups is 1. The largest absolute Gasteiger partial charge is 0.416 e. The van der Waals surface area contributed by atoms with Crippen molar-refractivity contribution >= 4 is 21.6 Å². The van der Waals surface area contributed by atoms with Crippen molar-refractivity contribution in [3.05, 3.63) is 95.6 Å². The number of alkyl halides is 3. The van der Waals surface area contributed by atoms with Gasteiger partial charge in [0.25, 0.3) is 10.0 Å². The molecular weight excluding hydrogens is 465 g/mol. The molecule has 3 rings (SSSR count). The standard InChI is InChI=1S/C25H25F3N2O3S/c1-3-23(19-14-12-18(2)13-15-19)29-24(31)17-30(34(32,33)22-10-5-4-6-11-22)21-9-7-8-20(16-21)25(26,27)28/h4-16,23H,3,17H2,1-2H3,(H,29,31)/t23-/m1/s1. The number of anilines is 1. The van der Waals surface area contributed by atoms with Crippen molar-refractivity contribution in [3.8, 4) is 0 Å². The maximum absolute atomic E-state index is 13.4. The zero-order valence-electron chi connectivity index (χ0n) is 18.7. The Kier molecular flexibility index (Phi) is 7.66. The number of amides is 1. The van der Waals surface area contributed by atoms with Crippen LogP contribution in [0.1, 0.15) is 36.1 Å². The van der Waals surface area contributed by atoms with Crippen LogP contribution in [0.15, 0.2) is 83.8 Å². The summed E-state index contributed by atoms with van der Waals surface area (Å²) in [5, 5.41) is 2.80. The number of aryl methyl sites for hydroxylation is 1. The van der Waals surface area contributed by atoms with Gasteiger partial charge in [-0.15, -0.1) is 0 Å². The van der Waals surface area contributed by atoms with Crippen molar-refractivity contribution < 1.29 is 26.4 Å². The van der Waals surface area contributed by atoms with Crippen molar-refractivity contribution in [2.75, 3.05) is 10.8 Å². The maximum Gasteiger partial charge on any atom is 0.416 e. The Hall–Kier alpha value is -3.33. The van der Waals surface area contributed by atoms with Crippen LogP contribution < -0.4 is 9.62 Å². The van der Waals surface area contributed by atoms with Gasteiger partial charge in [0.2, 0.25) is 5.91 Å². The molecule has 5 nitrogen and oxygen atoms in total. The van der Waals surface area contributed by atoms with Gasteiger partial charge in [0.15, 0.2) is 0 Å². The minimum Gasteiger partial charge on any atom is -0.348 e. The smallest absolute Gasteiger partial charge is 0.348 e. The first-order chi connectivity index (χ1) is 16.0. The monoisotopic (exact) mass is 490 g/mol. The summed E-state index contributed by atoms with van der Waals surface area (Å²) >= 11 is 0. The summed E-state index contributed by atoms with van der Waals surface area (Å²) in [6.45, 7) is 3.13. The van der Waals surface area contributed by atoms with Crippen molar-refractivity contribution in [2.45, 2.75) is 37.4 Å². The molecule has 0 saturated carbocycles. The first kappa shape index (κ1) is 25.3. The molecule has 180 valence electrons. The van der Waals surface area contributed by atoms with Gasteiger partial charge in [-0.2, -0.15) is 13.2 Å². The minimum atomic E-state index is -4.67. The first-order valence-corrected chi connectivity index (χ1v) is 12.1. The Labute approximate surface area is 197 Å². The Morgan fingerprint density at radius 2 is 1.62 bits per heavy atom. The zero-order chi connectivity index (χ0) is 24.9. The molecule has 34 heavy (non-hydrogen) atoms. The normalized spacial score (nSPS) is 12.7. The molecular formula is C25H25F3N2O3S. The average molecular weight is 491 g/mol. The number of carbonyl (C=O) groups excluding carboxylic acids is 1. The second kappa shape index (κ2) is 10.3. The van der Waals surface area contributed by atoms with Crippen LogP contribution in [-0.4, -0.2) is 20.9 Å². The summed E-state index contributed by atoms with van der Waals surface area (Å²) in [5.41, 5.74) is 0.634.